The lowest BCUT2D eigenvalue weighted by atomic mass is 10.0. The Bertz CT molecular complexity index is 1630. The first-order valence-corrected chi connectivity index (χ1v) is 14.9. The van der Waals surface area contributed by atoms with Gasteiger partial charge in [0.05, 0.1) is 11.7 Å². The van der Waals surface area contributed by atoms with Gasteiger partial charge in [0.1, 0.15) is 17.5 Å². The summed E-state index contributed by atoms with van der Waals surface area (Å²) in [7, 11) is -4.26. The minimum absolute atomic E-state index is 0.00684. The topological polar surface area (TPSA) is 144 Å². The van der Waals surface area contributed by atoms with Crippen LogP contribution in [0.4, 0.5) is 0 Å². The molecule has 0 radical (unpaired) electrons. The lowest BCUT2D eigenvalue weighted by Crippen LogP contribution is -2.48. The second-order valence-corrected chi connectivity index (χ2v) is 11.9. The maximum absolute atomic E-state index is 14.1. The Labute approximate surface area is 242 Å². The summed E-state index contributed by atoms with van der Waals surface area (Å²) in [5.74, 6) is -1.000. The molecule has 1 saturated heterocycles. The molecule has 3 amide bonds. The van der Waals surface area contributed by atoms with E-state index in [2.05, 4.69) is 10.3 Å². The maximum Gasteiger partial charge on any atom is 0.269 e. The largest absolute Gasteiger partial charge is 0.454 e. The van der Waals surface area contributed by atoms with Crippen LogP contribution in [0.2, 0.25) is 0 Å². The van der Waals surface area contributed by atoms with E-state index in [-0.39, 0.29) is 36.4 Å². The molecular weight excluding hydrogens is 564 g/mol. The summed E-state index contributed by atoms with van der Waals surface area (Å²) in [6.45, 7) is 0.0403. The molecule has 0 unspecified atom stereocenters. The highest BCUT2D eigenvalue weighted by Gasteiger charge is 2.43. The van der Waals surface area contributed by atoms with Crippen molar-refractivity contribution in [3.63, 3.8) is 0 Å². The maximum atomic E-state index is 14.1. The molecule has 42 heavy (non-hydrogen) atoms. The predicted octanol–water partition coefficient (Wildman–Crippen LogP) is 2.02. The molecule has 3 aliphatic rings. The number of aromatic nitrogens is 1. The van der Waals surface area contributed by atoms with Crippen molar-refractivity contribution in [3.8, 4) is 11.5 Å². The fourth-order valence-corrected chi connectivity index (χ4v) is 6.81. The first kappa shape index (κ1) is 27.7. The number of nitrogens with zero attached hydrogens (tertiary/aromatic N) is 3. The van der Waals surface area contributed by atoms with Gasteiger partial charge in [0.15, 0.2) is 11.5 Å². The monoisotopic (exact) mass is 592 g/mol. The molecule has 218 valence electrons. The Morgan fingerprint density at radius 1 is 1.07 bits per heavy atom. The first-order chi connectivity index (χ1) is 20.3. The van der Waals surface area contributed by atoms with E-state index in [1.54, 1.807) is 36.4 Å². The number of carbonyl (C=O) groups excluding carboxylic acids is 3. The summed E-state index contributed by atoms with van der Waals surface area (Å²) in [5.41, 5.74) is 1.06. The molecule has 2 atom stereocenters. The average molecular weight is 593 g/mol. The zero-order valence-electron chi connectivity index (χ0n) is 22.5. The SMILES string of the molecule is O=C(NC[C@H]1CCCO1)[C@H](c1ccncc1)N(Cc1ccc2c(c1)OCO2)C(=O)CN1C(=O)c2ccccc2S1(=O)=O. The molecule has 13 heteroatoms. The number of sulfonamides is 1. The molecule has 4 heterocycles. The van der Waals surface area contributed by atoms with Crippen molar-refractivity contribution < 1.29 is 37.0 Å². The number of rotatable bonds is 9. The number of hydrogen-bond donors (Lipinski definition) is 1. The van der Waals surface area contributed by atoms with E-state index in [0.717, 1.165) is 12.8 Å². The summed E-state index contributed by atoms with van der Waals surface area (Å²) >= 11 is 0. The fraction of sp³-hybridized carbons (Fsp3) is 0.310. The van der Waals surface area contributed by atoms with Crippen molar-refractivity contribution in [2.24, 2.45) is 0 Å². The highest BCUT2D eigenvalue weighted by Crippen LogP contribution is 2.35. The number of ether oxygens (including phenoxy) is 3. The average Bonchev–Trinajstić information content (AvgIpc) is 3.74. The summed E-state index contributed by atoms with van der Waals surface area (Å²) in [5, 5.41) is 2.90. The summed E-state index contributed by atoms with van der Waals surface area (Å²) in [6, 6.07) is 13.0. The number of nitrogens with one attached hydrogen (secondary N) is 1. The lowest BCUT2D eigenvalue weighted by Gasteiger charge is -2.32. The van der Waals surface area contributed by atoms with Gasteiger partial charge in [0, 0.05) is 32.1 Å². The van der Waals surface area contributed by atoms with Crippen LogP contribution in [0.3, 0.4) is 0 Å². The van der Waals surface area contributed by atoms with Crippen LogP contribution >= 0.6 is 0 Å². The van der Waals surface area contributed by atoms with E-state index in [4.69, 9.17) is 14.2 Å². The van der Waals surface area contributed by atoms with Crippen molar-refractivity contribution in [1.29, 1.82) is 0 Å². The molecule has 3 aromatic rings. The highest BCUT2D eigenvalue weighted by molar-refractivity contribution is 7.90. The summed E-state index contributed by atoms with van der Waals surface area (Å²) < 4.78 is 43.6. The van der Waals surface area contributed by atoms with Gasteiger partial charge in [-0.15, -0.1) is 0 Å². The highest BCUT2D eigenvalue weighted by atomic mass is 32.2. The Kier molecular flexibility index (Phi) is 7.52. The Morgan fingerprint density at radius 2 is 1.86 bits per heavy atom. The number of carbonyl (C=O) groups is 3. The van der Waals surface area contributed by atoms with Crippen LogP contribution in [0.25, 0.3) is 0 Å². The van der Waals surface area contributed by atoms with Gasteiger partial charge >= 0.3 is 0 Å². The molecule has 3 aliphatic heterocycles. The number of hydrogen-bond acceptors (Lipinski definition) is 9. The van der Waals surface area contributed by atoms with Crippen LogP contribution in [0, 0.1) is 0 Å². The molecule has 6 rings (SSSR count). The van der Waals surface area contributed by atoms with Crippen LogP contribution < -0.4 is 14.8 Å². The van der Waals surface area contributed by atoms with Gasteiger partial charge in [-0.3, -0.25) is 19.4 Å². The van der Waals surface area contributed by atoms with Crippen LogP contribution in [-0.2, 0) is 30.9 Å². The van der Waals surface area contributed by atoms with Gasteiger partial charge < -0.3 is 24.4 Å². The first-order valence-electron chi connectivity index (χ1n) is 13.5. The standard InChI is InChI=1S/C29H28N4O8S/c34-26(17-33-29(36)22-5-1-2-6-25(22)42(33,37)38)32(16-19-7-8-23-24(14-19)41-18-40-23)27(20-9-11-30-12-10-20)28(35)31-15-21-4-3-13-39-21/h1-2,5-12,14,21,27H,3-4,13,15-18H2,(H,31,35)/t21-,27+/m1/s1. The molecule has 12 nitrogen and oxygen atoms in total. The van der Waals surface area contributed by atoms with Crippen LogP contribution in [-0.4, -0.2) is 72.9 Å². The molecule has 0 saturated carbocycles. The second-order valence-electron chi connectivity index (χ2n) is 10.1. The Balaban J connectivity index is 1.35. The van der Waals surface area contributed by atoms with E-state index in [9.17, 15) is 22.8 Å². The van der Waals surface area contributed by atoms with Crippen LogP contribution in [0.15, 0.2) is 71.9 Å². The number of pyridine rings is 1. The molecule has 0 aliphatic carbocycles. The van der Waals surface area contributed by atoms with Crippen molar-refractivity contribution in [2.75, 3.05) is 26.5 Å². The third kappa shape index (κ3) is 5.28. The fourth-order valence-electron chi connectivity index (χ4n) is 5.30. The van der Waals surface area contributed by atoms with Gasteiger partial charge in [0.25, 0.3) is 15.9 Å². The van der Waals surface area contributed by atoms with Gasteiger partial charge in [0.2, 0.25) is 18.6 Å². The third-order valence-corrected chi connectivity index (χ3v) is 9.20. The van der Waals surface area contributed by atoms with E-state index >= 15 is 0 Å². The quantitative estimate of drug-likeness (QED) is 0.395. The van der Waals surface area contributed by atoms with Gasteiger partial charge in [-0.25, -0.2) is 12.7 Å². The number of benzene rings is 2. The van der Waals surface area contributed by atoms with Crippen molar-refractivity contribution in [1.82, 2.24) is 19.5 Å². The van der Waals surface area contributed by atoms with Gasteiger partial charge in [-0.05, 0) is 60.4 Å². The molecule has 1 aromatic heterocycles. The second kappa shape index (κ2) is 11.4. The van der Waals surface area contributed by atoms with Crippen LogP contribution in [0.1, 0.15) is 40.4 Å². The molecule has 1 fully saturated rings. The minimum atomic E-state index is -4.26. The third-order valence-electron chi connectivity index (χ3n) is 7.41. The van der Waals surface area contributed by atoms with E-state index in [1.165, 1.54) is 35.5 Å². The van der Waals surface area contributed by atoms with E-state index in [0.29, 0.717) is 33.5 Å². The van der Waals surface area contributed by atoms with Gasteiger partial charge in [-0.1, -0.05) is 18.2 Å². The molecule has 1 N–H and O–H groups in total. The van der Waals surface area contributed by atoms with Crippen molar-refractivity contribution in [3.05, 3.63) is 83.7 Å². The molecular formula is C29H28N4O8S. The molecule has 0 bridgehead atoms. The Morgan fingerprint density at radius 3 is 2.62 bits per heavy atom. The van der Waals surface area contributed by atoms with E-state index < -0.39 is 40.3 Å². The zero-order chi connectivity index (χ0) is 29.3. The van der Waals surface area contributed by atoms with Crippen LogP contribution in [0.5, 0.6) is 11.5 Å². The summed E-state index contributed by atoms with van der Waals surface area (Å²) in [4.78, 5) is 46.2. The smallest absolute Gasteiger partial charge is 0.269 e. The Hall–Kier alpha value is -4.49. The lowest BCUT2D eigenvalue weighted by molar-refractivity contribution is -0.141. The minimum Gasteiger partial charge on any atom is -0.454 e. The summed E-state index contributed by atoms with van der Waals surface area (Å²) in [6.07, 6.45) is 4.56. The van der Waals surface area contributed by atoms with Crippen molar-refractivity contribution >= 4 is 27.7 Å². The predicted molar refractivity (Wildman–Crippen MR) is 147 cm³/mol. The number of fused-ring (bicyclic) bond motifs is 2. The van der Waals surface area contributed by atoms with E-state index in [1.807, 2.05) is 0 Å². The van der Waals surface area contributed by atoms with Gasteiger partial charge in [-0.2, -0.15) is 0 Å². The number of amides is 3. The molecule has 0 spiro atoms. The normalized spacial score (nSPS) is 18.9. The zero-order valence-corrected chi connectivity index (χ0v) is 23.3. The van der Waals surface area contributed by atoms with Crippen molar-refractivity contribution in [2.45, 2.75) is 36.4 Å². The molecule has 2 aromatic carbocycles.